The van der Waals surface area contributed by atoms with Gasteiger partial charge in [0.05, 0.1) is 27.8 Å². The van der Waals surface area contributed by atoms with Crippen LogP contribution in [0.5, 0.6) is 0 Å². The lowest BCUT2D eigenvalue weighted by Crippen LogP contribution is -2.28. The zero-order valence-electron chi connectivity index (χ0n) is 23.1. The summed E-state index contributed by atoms with van der Waals surface area (Å²) in [6.45, 7) is 10.4. The minimum atomic E-state index is -0.515. The molecule has 0 aliphatic carbocycles. The number of amides is 1. The van der Waals surface area contributed by atoms with Crippen LogP contribution < -0.4 is 4.90 Å². The molecule has 2 fully saturated rings. The Morgan fingerprint density at radius 2 is 1.87 bits per heavy atom. The summed E-state index contributed by atoms with van der Waals surface area (Å²) in [4.78, 5) is 22.3. The molecular weight excluding hydrogens is 537 g/mol. The number of rotatable bonds is 4. The van der Waals surface area contributed by atoms with Crippen LogP contribution in [0.4, 0.5) is 10.1 Å². The monoisotopic (exact) mass is 571 g/mol. The predicted octanol–water partition coefficient (Wildman–Crippen LogP) is 7.88. The first kappa shape index (κ1) is 29.1. The van der Waals surface area contributed by atoms with Crippen LogP contribution in [-0.2, 0) is 4.79 Å². The number of fused-ring (bicyclic) bond motifs is 1. The van der Waals surface area contributed by atoms with Gasteiger partial charge in [-0.3, -0.25) is 9.10 Å². The zero-order chi connectivity index (χ0) is 28.1. The highest BCUT2D eigenvalue weighted by molar-refractivity contribution is 7.96. The highest BCUT2D eigenvalue weighted by Crippen LogP contribution is 2.38. The highest BCUT2D eigenvalue weighted by Gasteiger charge is 2.35. The summed E-state index contributed by atoms with van der Waals surface area (Å²) in [5.74, 6) is 0.887. The Hall–Kier alpha value is -2.88. The van der Waals surface area contributed by atoms with Crippen molar-refractivity contribution in [3.63, 3.8) is 0 Å². The summed E-state index contributed by atoms with van der Waals surface area (Å²) in [6.07, 6.45) is 5.96. The number of halogens is 2. The van der Waals surface area contributed by atoms with Crippen molar-refractivity contribution in [1.82, 2.24) is 19.4 Å². The number of aromatic amines is 1. The molecule has 0 bridgehead atoms. The number of nitrogens with zero attached hydrogens (tertiary/aromatic N) is 4. The average Bonchev–Trinajstić information content (AvgIpc) is 3.74. The molecule has 7 nitrogen and oxygen atoms in total. The van der Waals surface area contributed by atoms with E-state index >= 15 is 0 Å². The van der Waals surface area contributed by atoms with Crippen LogP contribution in [0.3, 0.4) is 0 Å². The standard InChI is InChI=1S/C22H18ClFN4O2.C5H11NS.C2H6/c1-11-21(12(2)30-27-11)13-3-6-17-18(9-13)26-22(25-17)19-7-8-20(29)28(19)14-4-5-16(24)15(23)10-14;1-7-6-4-2-3-5-6;1-2/h3-6,9-10,19H,7-8H2,1-2H3,(H,25,26);2-5H2,1H3;1-2H3. The van der Waals surface area contributed by atoms with Crippen LogP contribution in [0.2, 0.25) is 5.02 Å². The van der Waals surface area contributed by atoms with Gasteiger partial charge in [-0.1, -0.05) is 48.6 Å². The molecular formula is C29H35ClFN5O2S. The van der Waals surface area contributed by atoms with Gasteiger partial charge in [-0.15, -0.1) is 0 Å². The molecule has 1 atom stereocenters. The minimum Gasteiger partial charge on any atom is -0.361 e. The van der Waals surface area contributed by atoms with Gasteiger partial charge in [-0.25, -0.2) is 9.37 Å². The van der Waals surface area contributed by atoms with Crippen molar-refractivity contribution in [3.8, 4) is 11.1 Å². The maximum atomic E-state index is 13.6. The van der Waals surface area contributed by atoms with E-state index < -0.39 is 5.82 Å². The largest absolute Gasteiger partial charge is 0.361 e. The Balaban J connectivity index is 0.000000338. The molecule has 2 aliphatic heterocycles. The Bertz CT molecular complexity index is 1410. The molecule has 0 spiro atoms. The summed E-state index contributed by atoms with van der Waals surface area (Å²) >= 11 is 7.81. The van der Waals surface area contributed by atoms with Gasteiger partial charge in [0.25, 0.3) is 0 Å². The van der Waals surface area contributed by atoms with Crippen molar-refractivity contribution < 1.29 is 13.7 Å². The number of H-pyrrole nitrogens is 1. The average molecular weight is 572 g/mol. The van der Waals surface area contributed by atoms with Crippen molar-refractivity contribution in [2.75, 3.05) is 24.2 Å². The molecule has 1 amide bonds. The molecule has 2 saturated heterocycles. The number of carbonyl (C=O) groups excluding carboxylic acids is 1. The lowest BCUT2D eigenvalue weighted by Gasteiger charge is -2.23. The fraction of sp³-hybridized carbons (Fsp3) is 0.414. The van der Waals surface area contributed by atoms with Gasteiger partial charge >= 0.3 is 0 Å². The number of benzene rings is 2. The van der Waals surface area contributed by atoms with E-state index in [0.717, 1.165) is 33.6 Å². The molecule has 2 aromatic carbocycles. The molecule has 39 heavy (non-hydrogen) atoms. The number of aryl methyl sites for hydroxylation is 2. The van der Waals surface area contributed by atoms with Gasteiger partial charge in [-0.2, -0.15) is 0 Å². The normalized spacial score (nSPS) is 17.3. The van der Waals surface area contributed by atoms with E-state index in [2.05, 4.69) is 20.7 Å². The minimum absolute atomic E-state index is 0.0142. The molecule has 4 heterocycles. The molecule has 10 heteroatoms. The second-order valence-corrected chi connectivity index (χ2v) is 10.6. The van der Waals surface area contributed by atoms with Crippen LogP contribution >= 0.6 is 23.5 Å². The van der Waals surface area contributed by atoms with Crippen LogP contribution in [0.15, 0.2) is 40.9 Å². The summed E-state index contributed by atoms with van der Waals surface area (Å²) in [6, 6.07) is 9.97. The smallest absolute Gasteiger partial charge is 0.227 e. The van der Waals surface area contributed by atoms with E-state index in [9.17, 15) is 9.18 Å². The van der Waals surface area contributed by atoms with E-state index in [4.69, 9.17) is 21.1 Å². The van der Waals surface area contributed by atoms with E-state index in [1.54, 1.807) is 11.0 Å². The van der Waals surface area contributed by atoms with Crippen molar-refractivity contribution in [3.05, 3.63) is 64.5 Å². The summed E-state index contributed by atoms with van der Waals surface area (Å²) in [5.41, 5.74) is 5.00. The number of anilines is 1. The number of nitrogens with one attached hydrogen (secondary N) is 1. The molecule has 6 rings (SSSR count). The van der Waals surface area contributed by atoms with Gasteiger partial charge in [0.15, 0.2) is 0 Å². The molecule has 0 radical (unpaired) electrons. The fourth-order valence-corrected chi connectivity index (χ4v) is 5.81. The first-order valence-corrected chi connectivity index (χ1v) is 14.9. The van der Waals surface area contributed by atoms with Crippen molar-refractivity contribution in [1.29, 1.82) is 0 Å². The lowest BCUT2D eigenvalue weighted by atomic mass is 10.0. The van der Waals surface area contributed by atoms with E-state index in [1.807, 2.05) is 57.8 Å². The maximum absolute atomic E-state index is 13.6. The van der Waals surface area contributed by atoms with Crippen molar-refractivity contribution in [2.24, 2.45) is 0 Å². The van der Waals surface area contributed by atoms with Gasteiger partial charge < -0.3 is 14.4 Å². The van der Waals surface area contributed by atoms with Gasteiger partial charge in [0.1, 0.15) is 17.4 Å². The quantitative estimate of drug-likeness (QED) is 0.251. The van der Waals surface area contributed by atoms with Gasteiger partial charge in [0.2, 0.25) is 5.91 Å². The molecule has 208 valence electrons. The maximum Gasteiger partial charge on any atom is 0.227 e. The van der Waals surface area contributed by atoms with E-state index in [1.165, 1.54) is 38.1 Å². The Labute approximate surface area is 238 Å². The fourth-order valence-electron chi connectivity index (χ4n) is 5.01. The second-order valence-electron chi connectivity index (χ2n) is 9.29. The number of hydrogen-bond donors (Lipinski definition) is 1. The van der Waals surface area contributed by atoms with Gasteiger partial charge in [0, 0.05) is 30.8 Å². The molecule has 2 aromatic heterocycles. The van der Waals surface area contributed by atoms with Crippen LogP contribution in [0.25, 0.3) is 22.2 Å². The number of aromatic nitrogens is 3. The first-order valence-electron chi connectivity index (χ1n) is 13.3. The topological polar surface area (TPSA) is 78.3 Å². The second kappa shape index (κ2) is 13.0. The highest BCUT2D eigenvalue weighted by atomic mass is 35.5. The van der Waals surface area contributed by atoms with Crippen molar-refractivity contribution >= 4 is 46.2 Å². The van der Waals surface area contributed by atoms with E-state index in [-0.39, 0.29) is 17.0 Å². The molecule has 4 aromatic rings. The number of imidazole rings is 1. The SMILES string of the molecule is CC.CSN1CCCC1.Cc1noc(C)c1-c1ccc2nc(C3CCC(=O)N3c3ccc(F)c(Cl)c3)[nH]c2c1. The Morgan fingerprint density at radius 1 is 1.13 bits per heavy atom. The molecule has 1 N–H and O–H groups in total. The third-order valence-electron chi connectivity index (χ3n) is 6.85. The Morgan fingerprint density at radius 3 is 2.49 bits per heavy atom. The van der Waals surface area contributed by atoms with E-state index in [0.29, 0.717) is 24.4 Å². The Kier molecular flexibility index (Phi) is 9.69. The predicted molar refractivity (Wildman–Crippen MR) is 158 cm³/mol. The number of hydrogen-bond acceptors (Lipinski definition) is 6. The van der Waals surface area contributed by atoms with Crippen LogP contribution in [0.1, 0.15) is 62.9 Å². The zero-order valence-corrected chi connectivity index (χ0v) is 24.6. The summed E-state index contributed by atoms with van der Waals surface area (Å²) < 4.78 is 21.3. The molecule has 2 aliphatic rings. The van der Waals surface area contributed by atoms with Crippen molar-refractivity contribution in [2.45, 2.75) is 59.4 Å². The summed E-state index contributed by atoms with van der Waals surface area (Å²) in [5, 5.41) is 4.01. The molecule has 1 unspecified atom stereocenters. The van der Waals surface area contributed by atoms with Crippen LogP contribution in [-0.4, -0.2) is 44.7 Å². The number of carbonyl (C=O) groups is 1. The van der Waals surface area contributed by atoms with Crippen LogP contribution in [0, 0.1) is 19.7 Å². The third-order valence-corrected chi connectivity index (χ3v) is 8.03. The first-order chi connectivity index (χ1) is 18.9. The third kappa shape index (κ3) is 6.31. The molecule has 0 saturated carbocycles. The summed E-state index contributed by atoms with van der Waals surface area (Å²) in [7, 11) is 0. The van der Waals surface area contributed by atoms with Gasteiger partial charge in [-0.05, 0) is 75.3 Å². The lowest BCUT2D eigenvalue weighted by molar-refractivity contribution is -0.117.